The fourth-order valence-corrected chi connectivity index (χ4v) is 5.91. The second-order valence-electron chi connectivity index (χ2n) is 8.46. The molecule has 3 rings (SSSR count). The molecule has 1 saturated heterocycles. The Balaban J connectivity index is 1.85. The number of nitrogens with zero attached hydrogens (tertiary/aromatic N) is 1. The number of rotatable bonds is 10. The molecular formula is C21H25BrClFN3O9P. The fourth-order valence-electron chi connectivity index (χ4n) is 3.30. The van der Waals surface area contributed by atoms with Crippen LogP contribution in [0.5, 0.6) is 5.75 Å². The summed E-state index contributed by atoms with van der Waals surface area (Å²) in [5, 5.41) is 13.3. The van der Waals surface area contributed by atoms with Crippen LogP contribution in [-0.4, -0.2) is 55.4 Å². The van der Waals surface area contributed by atoms with Crippen molar-refractivity contribution < 1.29 is 37.4 Å². The minimum Gasteiger partial charge on any atom is -0.465 e. The zero-order valence-electron chi connectivity index (χ0n) is 19.9. The maximum Gasteiger partial charge on any atom is 0.459 e. The van der Waals surface area contributed by atoms with E-state index < -0.39 is 65.1 Å². The number of H-pyrrole nitrogens is 1. The number of esters is 1. The lowest BCUT2D eigenvalue weighted by molar-refractivity contribution is -0.149. The molecule has 0 radical (unpaired) electrons. The van der Waals surface area contributed by atoms with Crippen LogP contribution in [0.1, 0.15) is 27.0 Å². The molecule has 1 aliphatic rings. The first kappa shape index (κ1) is 29.5. The van der Waals surface area contributed by atoms with E-state index in [0.29, 0.717) is 0 Å². The molecule has 2 aromatic rings. The minimum atomic E-state index is -4.42. The summed E-state index contributed by atoms with van der Waals surface area (Å²) >= 11 is 9.56. The van der Waals surface area contributed by atoms with E-state index in [1.54, 1.807) is 6.92 Å². The van der Waals surface area contributed by atoms with E-state index in [9.17, 15) is 28.4 Å². The highest BCUT2D eigenvalue weighted by Gasteiger charge is 2.56. The summed E-state index contributed by atoms with van der Waals surface area (Å²) in [5.41, 5.74) is -3.06. The van der Waals surface area contributed by atoms with Crippen molar-refractivity contribution in [1.82, 2.24) is 14.6 Å². The van der Waals surface area contributed by atoms with Crippen molar-refractivity contribution in [1.29, 1.82) is 0 Å². The molecule has 1 aromatic heterocycles. The standard InChI is InChI=1S/C21H25BrClFN3O9P/c1-4-33-18(30)20(2,3)26-37(32,36-13-7-5-12(24)6-8-13)34-11-14-16(29)21(22,23)17(35-14)27-10-9-15(28)25-19(27)31/h5-10,14,16-17,29H,4,11H2,1-3H3,(H,26,32)(H,25,28,31)/t14-,16-,17-,21+,37?/m1/s1. The summed E-state index contributed by atoms with van der Waals surface area (Å²) in [6, 6.07) is 5.60. The molecule has 16 heteroatoms. The van der Waals surface area contributed by atoms with Gasteiger partial charge in [0.1, 0.15) is 29.3 Å². The second-order valence-corrected chi connectivity index (χ2v) is 12.5. The van der Waals surface area contributed by atoms with Crippen LogP contribution in [0.25, 0.3) is 0 Å². The van der Waals surface area contributed by atoms with E-state index in [0.717, 1.165) is 29.0 Å². The van der Waals surface area contributed by atoms with Gasteiger partial charge in [-0.25, -0.2) is 13.8 Å². The van der Waals surface area contributed by atoms with E-state index >= 15 is 0 Å². The predicted octanol–water partition coefficient (Wildman–Crippen LogP) is 2.40. The van der Waals surface area contributed by atoms with E-state index in [-0.39, 0.29) is 12.4 Å². The number of aliphatic hydroxyl groups is 1. The van der Waals surface area contributed by atoms with Crippen molar-refractivity contribution in [2.24, 2.45) is 0 Å². The van der Waals surface area contributed by atoms with Gasteiger partial charge in [0.25, 0.3) is 5.56 Å². The molecule has 0 amide bonds. The number of hydrogen-bond acceptors (Lipinski definition) is 9. The molecule has 5 atom stereocenters. The molecule has 0 bridgehead atoms. The van der Waals surface area contributed by atoms with Crippen LogP contribution in [0.2, 0.25) is 0 Å². The first-order valence-electron chi connectivity index (χ1n) is 10.9. The molecule has 0 spiro atoms. The van der Waals surface area contributed by atoms with Gasteiger partial charge in [-0.3, -0.25) is 23.7 Å². The second kappa shape index (κ2) is 11.4. The van der Waals surface area contributed by atoms with Crippen LogP contribution in [-0.2, 0) is 23.4 Å². The average molecular weight is 629 g/mol. The van der Waals surface area contributed by atoms with Gasteiger partial charge >= 0.3 is 19.4 Å². The number of aromatic amines is 1. The Morgan fingerprint density at radius 2 is 2.00 bits per heavy atom. The van der Waals surface area contributed by atoms with Crippen molar-refractivity contribution in [3.05, 3.63) is 63.2 Å². The molecule has 1 unspecified atom stereocenters. The highest BCUT2D eigenvalue weighted by molar-refractivity contribution is 9.10. The smallest absolute Gasteiger partial charge is 0.459 e. The molecule has 0 saturated carbocycles. The van der Waals surface area contributed by atoms with Gasteiger partial charge in [0, 0.05) is 12.3 Å². The summed E-state index contributed by atoms with van der Waals surface area (Å²) in [4.78, 5) is 38.1. The number of nitrogens with one attached hydrogen (secondary N) is 2. The van der Waals surface area contributed by atoms with E-state index in [2.05, 4.69) is 26.0 Å². The van der Waals surface area contributed by atoms with Crippen molar-refractivity contribution in [2.75, 3.05) is 13.2 Å². The normalized spacial score (nSPS) is 25.4. The molecule has 2 heterocycles. The first-order chi connectivity index (χ1) is 17.2. The Hall–Kier alpha value is -2.06. The minimum absolute atomic E-state index is 0.0466. The summed E-state index contributed by atoms with van der Waals surface area (Å²) < 4.78 is 48.0. The quantitative estimate of drug-likeness (QED) is 0.203. The van der Waals surface area contributed by atoms with Crippen LogP contribution in [0.3, 0.4) is 0 Å². The van der Waals surface area contributed by atoms with Crippen LogP contribution >= 0.6 is 35.3 Å². The average Bonchev–Trinajstić information content (AvgIpc) is 3.02. The van der Waals surface area contributed by atoms with Crippen molar-refractivity contribution in [3.63, 3.8) is 0 Å². The third kappa shape index (κ3) is 6.88. The van der Waals surface area contributed by atoms with E-state index in [1.807, 2.05) is 0 Å². The summed E-state index contributed by atoms with van der Waals surface area (Å²) in [5.74, 6) is -1.37. The van der Waals surface area contributed by atoms with Gasteiger partial charge in [-0.2, -0.15) is 5.09 Å². The van der Waals surface area contributed by atoms with Crippen LogP contribution in [0, 0.1) is 5.82 Å². The lowest BCUT2D eigenvalue weighted by Crippen LogP contribution is -2.47. The first-order valence-corrected chi connectivity index (χ1v) is 13.6. The number of carbonyl (C=O) groups is 1. The van der Waals surface area contributed by atoms with Gasteiger partial charge in [-0.1, -0.05) is 27.5 Å². The van der Waals surface area contributed by atoms with Crippen LogP contribution in [0.4, 0.5) is 4.39 Å². The summed E-state index contributed by atoms with van der Waals surface area (Å²) in [6.07, 6.45) is -2.97. The van der Waals surface area contributed by atoms with Gasteiger partial charge < -0.3 is 19.1 Å². The third-order valence-corrected chi connectivity index (χ3v) is 8.18. The molecule has 204 valence electrons. The largest absolute Gasteiger partial charge is 0.465 e. The van der Waals surface area contributed by atoms with Crippen LogP contribution in [0.15, 0.2) is 46.1 Å². The third-order valence-electron chi connectivity index (χ3n) is 5.13. The maximum absolute atomic E-state index is 13.7. The lowest BCUT2D eigenvalue weighted by Gasteiger charge is -2.29. The number of alkyl halides is 2. The number of halogens is 3. The highest BCUT2D eigenvalue weighted by Crippen LogP contribution is 2.50. The number of ether oxygens (including phenoxy) is 2. The predicted molar refractivity (Wildman–Crippen MR) is 133 cm³/mol. The Kier molecular flexibility index (Phi) is 9.05. The van der Waals surface area contributed by atoms with Gasteiger partial charge in [0.15, 0.2) is 10.0 Å². The zero-order chi connectivity index (χ0) is 27.6. The van der Waals surface area contributed by atoms with Gasteiger partial charge in [-0.05, 0) is 45.0 Å². The monoisotopic (exact) mass is 627 g/mol. The van der Waals surface area contributed by atoms with Gasteiger partial charge in [0.2, 0.25) is 0 Å². The molecule has 3 N–H and O–H groups in total. The number of hydrogen-bond donors (Lipinski definition) is 3. The summed E-state index contributed by atoms with van der Waals surface area (Å²) in [7, 11) is -4.42. The number of carbonyl (C=O) groups excluding carboxylic acids is 1. The van der Waals surface area contributed by atoms with Crippen molar-refractivity contribution in [2.45, 2.75) is 48.5 Å². The summed E-state index contributed by atoms with van der Waals surface area (Å²) in [6.45, 7) is 3.83. The van der Waals surface area contributed by atoms with Crippen molar-refractivity contribution in [3.8, 4) is 5.75 Å². The molecule has 0 aliphatic carbocycles. The lowest BCUT2D eigenvalue weighted by atomic mass is 10.1. The Bertz CT molecular complexity index is 1290. The SMILES string of the molecule is CCOC(=O)C(C)(C)NP(=O)(OC[C@H]1O[C@@H](n2ccc(=O)[nH]c2=O)[C@](Cl)(Br)[C@@H]1O)Oc1ccc(F)cc1. The van der Waals surface area contributed by atoms with Crippen molar-refractivity contribution >= 4 is 41.2 Å². The van der Waals surface area contributed by atoms with Gasteiger partial charge in [-0.15, -0.1) is 0 Å². The fraction of sp³-hybridized carbons (Fsp3) is 0.476. The van der Waals surface area contributed by atoms with Gasteiger partial charge in [0.05, 0.1) is 13.2 Å². The number of aliphatic hydroxyl groups excluding tert-OH is 1. The molecule has 1 fully saturated rings. The molecule has 1 aromatic carbocycles. The Morgan fingerprint density at radius 3 is 2.59 bits per heavy atom. The topological polar surface area (TPSA) is 158 Å². The molecular weight excluding hydrogens is 604 g/mol. The van der Waals surface area contributed by atoms with E-state index in [1.165, 1.54) is 26.0 Å². The zero-order valence-corrected chi connectivity index (χ0v) is 23.1. The molecule has 37 heavy (non-hydrogen) atoms. The molecule has 12 nitrogen and oxygen atoms in total. The molecule has 1 aliphatic heterocycles. The number of aromatic nitrogens is 2. The van der Waals surface area contributed by atoms with Crippen LogP contribution < -0.4 is 20.9 Å². The Labute approximate surface area is 223 Å². The Morgan fingerprint density at radius 1 is 1.35 bits per heavy atom. The van der Waals surface area contributed by atoms with E-state index in [4.69, 9.17) is 30.1 Å². The maximum atomic E-state index is 13.7. The number of benzene rings is 1. The highest BCUT2D eigenvalue weighted by atomic mass is 79.9.